The van der Waals surface area contributed by atoms with Crippen LogP contribution in [0.25, 0.3) is 0 Å². The highest BCUT2D eigenvalue weighted by Crippen LogP contribution is 2.32. The monoisotopic (exact) mass is 282 g/mol. The van der Waals surface area contributed by atoms with Crippen LogP contribution in [0.5, 0.6) is 0 Å². The summed E-state index contributed by atoms with van der Waals surface area (Å²) >= 11 is 7.58. The summed E-state index contributed by atoms with van der Waals surface area (Å²) in [6, 6.07) is 11.8. The molecule has 0 saturated heterocycles. The quantitative estimate of drug-likeness (QED) is 0.882. The molecule has 2 aromatic rings. The summed E-state index contributed by atoms with van der Waals surface area (Å²) in [5.41, 5.74) is 0.708. The minimum Gasteiger partial charge on any atom is -0.389 e. The SMILES string of the molecule is CC(O)c1ccc(Sc2ccc(F)cc2)cc1Cl. The van der Waals surface area contributed by atoms with Crippen LogP contribution in [-0.4, -0.2) is 5.11 Å². The van der Waals surface area contributed by atoms with E-state index in [2.05, 4.69) is 0 Å². The Morgan fingerprint density at radius 3 is 2.28 bits per heavy atom. The molecule has 4 heteroatoms. The molecular formula is C14H12ClFOS. The molecule has 0 heterocycles. The van der Waals surface area contributed by atoms with Crippen LogP contribution >= 0.6 is 23.4 Å². The first-order valence-electron chi connectivity index (χ1n) is 5.47. The molecule has 0 aliphatic carbocycles. The van der Waals surface area contributed by atoms with Gasteiger partial charge in [-0.05, 0) is 48.9 Å². The van der Waals surface area contributed by atoms with Crippen molar-refractivity contribution in [2.45, 2.75) is 22.8 Å². The van der Waals surface area contributed by atoms with E-state index in [4.69, 9.17) is 11.6 Å². The molecule has 0 aromatic heterocycles. The fourth-order valence-electron chi connectivity index (χ4n) is 1.55. The average Bonchev–Trinajstić information content (AvgIpc) is 2.32. The molecule has 0 fully saturated rings. The molecule has 0 spiro atoms. The van der Waals surface area contributed by atoms with E-state index in [-0.39, 0.29) is 5.82 Å². The van der Waals surface area contributed by atoms with Crippen molar-refractivity contribution in [1.29, 1.82) is 0 Å². The van der Waals surface area contributed by atoms with Gasteiger partial charge in [0.2, 0.25) is 0 Å². The van der Waals surface area contributed by atoms with Crippen molar-refractivity contribution in [1.82, 2.24) is 0 Å². The third kappa shape index (κ3) is 3.25. The summed E-state index contributed by atoms with van der Waals surface area (Å²) in [6.45, 7) is 1.67. The van der Waals surface area contributed by atoms with Crippen molar-refractivity contribution in [3.63, 3.8) is 0 Å². The molecule has 1 atom stereocenters. The maximum absolute atomic E-state index is 12.8. The van der Waals surface area contributed by atoms with Gasteiger partial charge < -0.3 is 5.11 Å². The van der Waals surface area contributed by atoms with Crippen LogP contribution in [0.2, 0.25) is 5.02 Å². The predicted molar refractivity (Wildman–Crippen MR) is 72.6 cm³/mol. The van der Waals surface area contributed by atoms with E-state index in [0.717, 1.165) is 9.79 Å². The maximum Gasteiger partial charge on any atom is 0.123 e. The van der Waals surface area contributed by atoms with Gasteiger partial charge in [0.15, 0.2) is 0 Å². The Hall–Kier alpha value is -1.03. The molecule has 0 radical (unpaired) electrons. The topological polar surface area (TPSA) is 20.2 Å². The lowest BCUT2D eigenvalue weighted by atomic mass is 10.1. The number of benzene rings is 2. The van der Waals surface area contributed by atoms with Gasteiger partial charge in [0.25, 0.3) is 0 Å². The second kappa shape index (κ2) is 5.74. The Morgan fingerprint density at radius 1 is 1.11 bits per heavy atom. The summed E-state index contributed by atoms with van der Waals surface area (Å²) in [5, 5.41) is 10.0. The Morgan fingerprint density at radius 2 is 1.72 bits per heavy atom. The number of hydrogen-bond donors (Lipinski definition) is 1. The zero-order chi connectivity index (χ0) is 13.1. The summed E-state index contributed by atoms with van der Waals surface area (Å²) in [6.07, 6.45) is -0.581. The fraction of sp³-hybridized carbons (Fsp3) is 0.143. The molecule has 94 valence electrons. The van der Waals surface area contributed by atoms with Crippen LogP contribution in [0, 0.1) is 5.82 Å². The Labute approximate surface area is 115 Å². The van der Waals surface area contributed by atoms with Crippen molar-refractivity contribution < 1.29 is 9.50 Å². The van der Waals surface area contributed by atoms with Crippen molar-refractivity contribution in [3.05, 3.63) is 58.9 Å². The number of aliphatic hydroxyl groups is 1. The average molecular weight is 283 g/mol. The lowest BCUT2D eigenvalue weighted by Crippen LogP contribution is -1.91. The molecule has 1 N–H and O–H groups in total. The van der Waals surface area contributed by atoms with E-state index in [1.54, 1.807) is 31.2 Å². The van der Waals surface area contributed by atoms with Gasteiger partial charge in [-0.1, -0.05) is 29.4 Å². The standard InChI is InChI=1S/C14H12ClFOS/c1-9(17)13-7-6-12(8-14(13)15)18-11-4-2-10(16)3-5-11/h2-9,17H,1H3. The highest BCUT2D eigenvalue weighted by Gasteiger charge is 2.07. The van der Waals surface area contributed by atoms with Gasteiger partial charge in [-0.25, -0.2) is 4.39 Å². The normalized spacial score (nSPS) is 12.4. The summed E-state index contributed by atoms with van der Waals surface area (Å²) in [4.78, 5) is 1.90. The second-order valence-electron chi connectivity index (χ2n) is 3.92. The van der Waals surface area contributed by atoms with Crippen LogP contribution in [0.4, 0.5) is 4.39 Å². The molecule has 0 bridgehead atoms. The molecule has 1 nitrogen and oxygen atoms in total. The maximum atomic E-state index is 12.8. The van der Waals surface area contributed by atoms with E-state index in [0.29, 0.717) is 10.6 Å². The number of halogens is 2. The van der Waals surface area contributed by atoms with Crippen LogP contribution < -0.4 is 0 Å². The smallest absolute Gasteiger partial charge is 0.123 e. The van der Waals surface area contributed by atoms with Gasteiger partial charge in [-0.15, -0.1) is 0 Å². The molecule has 2 aromatic carbocycles. The van der Waals surface area contributed by atoms with Crippen LogP contribution in [-0.2, 0) is 0 Å². The van der Waals surface area contributed by atoms with E-state index in [1.165, 1.54) is 23.9 Å². The largest absolute Gasteiger partial charge is 0.389 e. The van der Waals surface area contributed by atoms with Crippen molar-refractivity contribution >= 4 is 23.4 Å². The minimum absolute atomic E-state index is 0.248. The van der Waals surface area contributed by atoms with E-state index >= 15 is 0 Å². The predicted octanol–water partition coefficient (Wildman–Crippen LogP) is 4.68. The molecule has 1 unspecified atom stereocenters. The van der Waals surface area contributed by atoms with Gasteiger partial charge in [0, 0.05) is 14.8 Å². The summed E-state index contributed by atoms with van der Waals surface area (Å²) in [7, 11) is 0. The van der Waals surface area contributed by atoms with E-state index in [1.807, 2.05) is 6.07 Å². The molecule has 2 rings (SSSR count). The van der Waals surface area contributed by atoms with Gasteiger partial charge in [0.1, 0.15) is 5.82 Å². The van der Waals surface area contributed by atoms with Crippen LogP contribution in [0.15, 0.2) is 52.3 Å². The van der Waals surface area contributed by atoms with E-state index in [9.17, 15) is 9.50 Å². The third-order valence-corrected chi connectivity index (χ3v) is 3.80. The first kappa shape index (κ1) is 13.4. The molecule has 0 amide bonds. The van der Waals surface area contributed by atoms with E-state index < -0.39 is 6.10 Å². The highest BCUT2D eigenvalue weighted by molar-refractivity contribution is 7.99. The van der Waals surface area contributed by atoms with Crippen molar-refractivity contribution in [2.24, 2.45) is 0 Å². The summed E-state index contributed by atoms with van der Waals surface area (Å²) < 4.78 is 12.8. The molecular weight excluding hydrogens is 271 g/mol. The fourth-order valence-corrected chi connectivity index (χ4v) is 2.81. The third-order valence-electron chi connectivity index (χ3n) is 2.47. The Kier molecular flexibility index (Phi) is 4.27. The first-order valence-corrected chi connectivity index (χ1v) is 6.66. The van der Waals surface area contributed by atoms with Gasteiger partial charge in [0.05, 0.1) is 6.10 Å². The van der Waals surface area contributed by atoms with Gasteiger partial charge in [-0.2, -0.15) is 0 Å². The van der Waals surface area contributed by atoms with Gasteiger partial charge in [-0.3, -0.25) is 0 Å². The lowest BCUT2D eigenvalue weighted by Gasteiger charge is -2.09. The molecule has 18 heavy (non-hydrogen) atoms. The number of rotatable bonds is 3. The van der Waals surface area contributed by atoms with Crippen LogP contribution in [0.1, 0.15) is 18.6 Å². The second-order valence-corrected chi connectivity index (χ2v) is 5.47. The Bertz CT molecular complexity index is 540. The molecule has 0 aliphatic rings. The minimum atomic E-state index is -0.581. The van der Waals surface area contributed by atoms with Crippen molar-refractivity contribution in [3.8, 4) is 0 Å². The lowest BCUT2D eigenvalue weighted by molar-refractivity contribution is 0.199. The van der Waals surface area contributed by atoms with Gasteiger partial charge >= 0.3 is 0 Å². The zero-order valence-corrected chi connectivity index (χ0v) is 11.3. The first-order chi connectivity index (χ1) is 8.56. The zero-order valence-electron chi connectivity index (χ0n) is 9.73. The highest BCUT2D eigenvalue weighted by atomic mass is 35.5. The van der Waals surface area contributed by atoms with Crippen molar-refractivity contribution in [2.75, 3.05) is 0 Å². The Balaban J connectivity index is 2.20. The molecule has 0 aliphatic heterocycles. The summed E-state index contributed by atoms with van der Waals surface area (Å²) in [5.74, 6) is -0.248. The van der Waals surface area contributed by atoms with Crippen LogP contribution in [0.3, 0.4) is 0 Å². The molecule has 0 saturated carbocycles. The number of aliphatic hydroxyl groups excluding tert-OH is 1. The number of hydrogen-bond acceptors (Lipinski definition) is 2.